The van der Waals surface area contributed by atoms with Crippen LogP contribution in [-0.4, -0.2) is 17.0 Å². The molecule has 0 saturated carbocycles. The molecule has 0 fully saturated rings. The highest BCUT2D eigenvalue weighted by molar-refractivity contribution is 7.80. The number of aliphatic hydroxyl groups is 1. The molecular weight excluding hydrogens is 96.1 g/mol. The van der Waals surface area contributed by atoms with Crippen molar-refractivity contribution in [2.75, 3.05) is 6.61 Å². The minimum atomic E-state index is 0.255. The Hall–Kier alpha value is 0.310. The lowest BCUT2D eigenvalue weighted by atomic mass is 10.4. The SMILES string of the molecule is CC(S)CCO. The van der Waals surface area contributed by atoms with Crippen molar-refractivity contribution in [2.45, 2.75) is 18.6 Å². The normalized spacial score (nSPS) is 14.5. The third-order valence-corrected chi connectivity index (χ3v) is 0.805. The zero-order valence-electron chi connectivity index (χ0n) is 3.89. The van der Waals surface area contributed by atoms with Gasteiger partial charge in [-0.25, -0.2) is 0 Å². The fourth-order valence-electron chi connectivity index (χ4n) is 0.187. The highest BCUT2D eigenvalue weighted by Gasteiger charge is 1.87. The Labute approximate surface area is 43.8 Å². The lowest BCUT2D eigenvalue weighted by molar-refractivity contribution is 0.289. The van der Waals surface area contributed by atoms with E-state index in [1.54, 1.807) is 0 Å². The topological polar surface area (TPSA) is 20.2 Å². The molecule has 0 aromatic rings. The van der Waals surface area contributed by atoms with E-state index < -0.39 is 0 Å². The Morgan fingerprint density at radius 2 is 2.33 bits per heavy atom. The summed E-state index contributed by atoms with van der Waals surface area (Å²) in [4.78, 5) is 0. The Morgan fingerprint density at radius 3 is 2.33 bits per heavy atom. The molecule has 0 aliphatic heterocycles. The van der Waals surface area contributed by atoms with Gasteiger partial charge in [-0.05, 0) is 6.42 Å². The maximum Gasteiger partial charge on any atom is 0.0441 e. The maximum absolute atomic E-state index is 8.19. The summed E-state index contributed by atoms with van der Waals surface area (Å²) in [5.74, 6) is 0. The molecule has 0 saturated heterocycles. The zero-order valence-corrected chi connectivity index (χ0v) is 4.78. The maximum atomic E-state index is 8.19. The van der Waals surface area contributed by atoms with Gasteiger partial charge in [-0.3, -0.25) is 0 Å². The highest BCUT2D eigenvalue weighted by Crippen LogP contribution is 1.95. The van der Waals surface area contributed by atoms with Crippen LogP contribution in [0.1, 0.15) is 13.3 Å². The van der Waals surface area contributed by atoms with Crippen LogP contribution in [0.4, 0.5) is 0 Å². The third-order valence-electron chi connectivity index (χ3n) is 0.547. The number of thiol groups is 1. The van der Waals surface area contributed by atoms with Crippen molar-refractivity contribution in [3.63, 3.8) is 0 Å². The molecular formula is C4H10OS. The van der Waals surface area contributed by atoms with Crippen LogP contribution in [0, 0.1) is 0 Å². The van der Waals surface area contributed by atoms with Crippen LogP contribution in [0.25, 0.3) is 0 Å². The smallest absolute Gasteiger partial charge is 0.0441 e. The molecule has 38 valence electrons. The number of hydrogen-bond donors (Lipinski definition) is 2. The molecule has 1 nitrogen and oxygen atoms in total. The summed E-state index contributed by atoms with van der Waals surface area (Å²) >= 11 is 4.02. The van der Waals surface area contributed by atoms with Crippen molar-refractivity contribution < 1.29 is 5.11 Å². The fourth-order valence-corrected chi connectivity index (χ4v) is 0.302. The number of hydrogen-bond acceptors (Lipinski definition) is 2. The molecule has 1 N–H and O–H groups in total. The van der Waals surface area contributed by atoms with Crippen molar-refractivity contribution in [1.82, 2.24) is 0 Å². The molecule has 1 atom stereocenters. The predicted octanol–water partition coefficient (Wildman–Crippen LogP) is 0.687. The van der Waals surface area contributed by atoms with Crippen LogP contribution in [0.3, 0.4) is 0 Å². The van der Waals surface area contributed by atoms with Crippen molar-refractivity contribution in [3.8, 4) is 0 Å². The van der Waals surface area contributed by atoms with E-state index in [1.165, 1.54) is 0 Å². The Balaban J connectivity index is 2.63. The van der Waals surface area contributed by atoms with Gasteiger partial charge in [-0.1, -0.05) is 6.92 Å². The summed E-state index contributed by atoms with van der Waals surface area (Å²) in [6.45, 7) is 2.21. The molecule has 6 heavy (non-hydrogen) atoms. The molecule has 0 bridgehead atoms. The Kier molecular flexibility index (Phi) is 3.68. The Morgan fingerprint density at radius 1 is 1.83 bits per heavy atom. The molecule has 2 heteroatoms. The summed E-state index contributed by atoms with van der Waals surface area (Å²) in [6.07, 6.45) is 0.795. The number of rotatable bonds is 2. The first-order valence-corrected chi connectivity index (χ1v) is 2.58. The predicted molar refractivity (Wildman–Crippen MR) is 30.2 cm³/mol. The molecule has 0 heterocycles. The van der Waals surface area contributed by atoms with Crippen LogP contribution in [0.2, 0.25) is 0 Å². The van der Waals surface area contributed by atoms with Crippen LogP contribution in [0.5, 0.6) is 0 Å². The minimum absolute atomic E-state index is 0.255. The van der Waals surface area contributed by atoms with Gasteiger partial charge >= 0.3 is 0 Å². The molecule has 0 aromatic heterocycles. The van der Waals surface area contributed by atoms with Gasteiger partial charge in [0.15, 0.2) is 0 Å². The van der Waals surface area contributed by atoms with Crippen LogP contribution in [-0.2, 0) is 0 Å². The van der Waals surface area contributed by atoms with Gasteiger partial charge in [-0.2, -0.15) is 12.6 Å². The van der Waals surface area contributed by atoms with Crippen molar-refractivity contribution >= 4 is 12.6 Å². The van der Waals surface area contributed by atoms with Crippen LogP contribution < -0.4 is 0 Å². The van der Waals surface area contributed by atoms with Crippen LogP contribution in [0.15, 0.2) is 0 Å². The average molecular weight is 106 g/mol. The monoisotopic (exact) mass is 106 g/mol. The van der Waals surface area contributed by atoms with Crippen molar-refractivity contribution in [2.24, 2.45) is 0 Å². The summed E-state index contributed by atoms with van der Waals surface area (Å²) < 4.78 is 0. The Bertz CT molecular complexity index is 28.7. The lowest BCUT2D eigenvalue weighted by Gasteiger charge is -1.94. The molecule has 0 spiro atoms. The first-order chi connectivity index (χ1) is 2.77. The van der Waals surface area contributed by atoms with E-state index in [-0.39, 0.29) is 6.61 Å². The standard InChI is InChI=1S/C4H10OS/c1-4(6)2-3-5/h4-6H,2-3H2,1H3. The van der Waals surface area contributed by atoms with Gasteiger partial charge in [0.25, 0.3) is 0 Å². The first kappa shape index (κ1) is 6.31. The van der Waals surface area contributed by atoms with E-state index in [4.69, 9.17) is 5.11 Å². The molecule has 0 radical (unpaired) electrons. The summed E-state index contributed by atoms with van der Waals surface area (Å²) in [7, 11) is 0. The lowest BCUT2D eigenvalue weighted by Crippen LogP contribution is -1.93. The molecule has 1 unspecified atom stereocenters. The first-order valence-electron chi connectivity index (χ1n) is 2.06. The largest absolute Gasteiger partial charge is 0.396 e. The molecule has 0 amide bonds. The van der Waals surface area contributed by atoms with E-state index in [9.17, 15) is 0 Å². The van der Waals surface area contributed by atoms with Gasteiger partial charge in [0.05, 0.1) is 0 Å². The second-order valence-electron chi connectivity index (χ2n) is 1.36. The highest BCUT2D eigenvalue weighted by atomic mass is 32.1. The molecule has 0 aromatic carbocycles. The van der Waals surface area contributed by atoms with E-state index in [2.05, 4.69) is 12.6 Å². The molecule has 0 aliphatic rings. The van der Waals surface area contributed by atoms with Crippen LogP contribution >= 0.6 is 12.6 Å². The van der Waals surface area contributed by atoms with Gasteiger partial charge in [0.2, 0.25) is 0 Å². The van der Waals surface area contributed by atoms with Gasteiger partial charge in [-0.15, -0.1) is 0 Å². The quantitative estimate of drug-likeness (QED) is 0.496. The van der Waals surface area contributed by atoms with E-state index in [1.807, 2.05) is 6.92 Å². The van der Waals surface area contributed by atoms with Gasteiger partial charge in [0, 0.05) is 11.9 Å². The average Bonchev–Trinajstić information content (AvgIpc) is 1.35. The third kappa shape index (κ3) is 4.31. The summed E-state index contributed by atoms with van der Waals surface area (Å²) in [5.41, 5.74) is 0. The van der Waals surface area contributed by atoms with E-state index in [0.29, 0.717) is 5.25 Å². The summed E-state index contributed by atoms with van der Waals surface area (Å²) in [5, 5.41) is 8.53. The zero-order chi connectivity index (χ0) is 4.99. The molecule has 0 rings (SSSR count). The summed E-state index contributed by atoms with van der Waals surface area (Å²) in [6, 6.07) is 0. The van der Waals surface area contributed by atoms with Crippen molar-refractivity contribution in [1.29, 1.82) is 0 Å². The van der Waals surface area contributed by atoms with E-state index >= 15 is 0 Å². The van der Waals surface area contributed by atoms with Gasteiger partial charge < -0.3 is 5.11 Å². The second kappa shape index (κ2) is 3.50. The fraction of sp³-hybridized carbons (Fsp3) is 1.00. The van der Waals surface area contributed by atoms with E-state index in [0.717, 1.165) is 6.42 Å². The second-order valence-corrected chi connectivity index (χ2v) is 2.24. The van der Waals surface area contributed by atoms with Gasteiger partial charge in [0.1, 0.15) is 0 Å². The molecule has 0 aliphatic carbocycles. The van der Waals surface area contributed by atoms with Crippen molar-refractivity contribution in [3.05, 3.63) is 0 Å². The number of aliphatic hydroxyl groups excluding tert-OH is 1. The minimum Gasteiger partial charge on any atom is -0.396 e.